The molecule has 3 heterocycles. The van der Waals surface area contributed by atoms with Crippen LogP contribution in [0.4, 0.5) is 23.7 Å². The molecule has 252 valence electrons. The predicted molar refractivity (Wildman–Crippen MR) is 170 cm³/mol. The molecule has 1 atom stereocenters. The highest BCUT2D eigenvalue weighted by Gasteiger charge is 2.42. The van der Waals surface area contributed by atoms with Crippen LogP contribution in [0.1, 0.15) is 63.6 Å². The summed E-state index contributed by atoms with van der Waals surface area (Å²) in [6.07, 6.45) is 4.66. The fourth-order valence-electron chi connectivity index (χ4n) is 5.67. The number of nitriles is 1. The number of anilines is 1. The van der Waals surface area contributed by atoms with Crippen LogP contribution in [0.5, 0.6) is 0 Å². The van der Waals surface area contributed by atoms with Gasteiger partial charge in [-0.1, -0.05) is 12.1 Å². The highest BCUT2D eigenvalue weighted by atomic mass is 19.4. The summed E-state index contributed by atoms with van der Waals surface area (Å²) in [7, 11) is 1.56. The Kier molecular flexibility index (Phi) is 10.5. The van der Waals surface area contributed by atoms with Crippen molar-refractivity contribution in [3.63, 3.8) is 0 Å². The molecular weight excluding hydrogens is 613 g/mol. The van der Waals surface area contributed by atoms with Crippen molar-refractivity contribution >= 4 is 17.7 Å². The molecule has 1 aromatic heterocycles. The number of halogens is 3. The van der Waals surface area contributed by atoms with Gasteiger partial charge in [-0.05, 0) is 76.5 Å². The van der Waals surface area contributed by atoms with E-state index in [1.54, 1.807) is 40.2 Å². The standard InChI is InChI=1S/C34H41F3N6O4/c1-6-46-33(27-8-7-16-39-22-27)13-11-26(23-40-33)32(41-29(44)12-17-42(5)30(45)47-31(2,3)4)14-18-43(19-15-32)28-10-9-25(34(35,36)37)20-24(28)21-38/h7-11,13,16,20,22-23,40H,6,12,14-15,17-19H2,1-5H3,(H,41,44). The third kappa shape index (κ3) is 8.43. The molecule has 2 aliphatic heterocycles. The fourth-order valence-corrected chi connectivity index (χ4v) is 5.67. The number of carbonyl (C=O) groups excluding carboxylic acids is 2. The number of carbonyl (C=O) groups is 2. The zero-order valence-corrected chi connectivity index (χ0v) is 27.3. The molecule has 1 aromatic carbocycles. The monoisotopic (exact) mass is 654 g/mol. The largest absolute Gasteiger partial charge is 0.444 e. The molecule has 0 radical (unpaired) electrons. The fraction of sp³-hybridized carbons (Fsp3) is 0.471. The first kappa shape index (κ1) is 35.3. The van der Waals surface area contributed by atoms with E-state index in [-0.39, 0.29) is 24.4 Å². The van der Waals surface area contributed by atoms with Gasteiger partial charge in [0, 0.05) is 63.9 Å². The third-order valence-electron chi connectivity index (χ3n) is 8.11. The Morgan fingerprint density at radius 3 is 2.47 bits per heavy atom. The van der Waals surface area contributed by atoms with Crippen LogP contribution in [0.2, 0.25) is 0 Å². The summed E-state index contributed by atoms with van der Waals surface area (Å²) in [4.78, 5) is 33.3. The van der Waals surface area contributed by atoms with Crippen LogP contribution in [0, 0.1) is 11.3 Å². The maximum atomic E-state index is 13.4. The van der Waals surface area contributed by atoms with Gasteiger partial charge in [0.05, 0.1) is 22.4 Å². The summed E-state index contributed by atoms with van der Waals surface area (Å²) in [5.41, 5.74) is -1.51. The van der Waals surface area contributed by atoms with E-state index < -0.39 is 34.7 Å². The zero-order chi connectivity index (χ0) is 34.5. The van der Waals surface area contributed by atoms with Crippen molar-refractivity contribution < 1.29 is 32.2 Å². The Balaban J connectivity index is 1.58. The minimum absolute atomic E-state index is 0.0156. The van der Waals surface area contributed by atoms with Gasteiger partial charge in [-0.2, -0.15) is 18.4 Å². The number of benzene rings is 1. The van der Waals surface area contributed by atoms with E-state index in [0.29, 0.717) is 38.2 Å². The molecule has 0 bridgehead atoms. The molecule has 2 amide bonds. The van der Waals surface area contributed by atoms with Crippen LogP contribution in [0.3, 0.4) is 0 Å². The zero-order valence-electron chi connectivity index (χ0n) is 27.3. The normalized spacial score (nSPS) is 19.2. The van der Waals surface area contributed by atoms with Gasteiger partial charge >= 0.3 is 12.3 Å². The van der Waals surface area contributed by atoms with Gasteiger partial charge in [0.25, 0.3) is 0 Å². The van der Waals surface area contributed by atoms with E-state index in [2.05, 4.69) is 15.6 Å². The highest BCUT2D eigenvalue weighted by molar-refractivity contribution is 5.79. The summed E-state index contributed by atoms with van der Waals surface area (Å²) in [6, 6.07) is 8.77. The second-order valence-electron chi connectivity index (χ2n) is 12.6. The predicted octanol–water partition coefficient (Wildman–Crippen LogP) is 5.62. The summed E-state index contributed by atoms with van der Waals surface area (Å²) < 4.78 is 51.5. The molecule has 13 heteroatoms. The van der Waals surface area contributed by atoms with Crippen LogP contribution >= 0.6 is 0 Å². The molecule has 0 spiro atoms. The van der Waals surface area contributed by atoms with Crippen molar-refractivity contribution in [1.82, 2.24) is 20.5 Å². The van der Waals surface area contributed by atoms with Gasteiger partial charge < -0.3 is 29.9 Å². The Bertz CT molecular complexity index is 1540. The summed E-state index contributed by atoms with van der Waals surface area (Å²) in [5.74, 6) is -0.288. The van der Waals surface area contributed by atoms with Crippen LogP contribution in [0.15, 0.2) is 66.7 Å². The van der Waals surface area contributed by atoms with E-state index in [4.69, 9.17) is 9.47 Å². The van der Waals surface area contributed by atoms with E-state index in [1.165, 1.54) is 11.0 Å². The number of rotatable bonds is 9. The Morgan fingerprint density at radius 2 is 1.91 bits per heavy atom. The number of hydrogen-bond acceptors (Lipinski definition) is 8. The van der Waals surface area contributed by atoms with E-state index in [9.17, 15) is 28.0 Å². The number of amides is 2. The van der Waals surface area contributed by atoms with Crippen LogP contribution < -0.4 is 15.5 Å². The number of nitrogens with zero attached hydrogens (tertiary/aromatic N) is 4. The maximum absolute atomic E-state index is 13.4. The third-order valence-corrected chi connectivity index (χ3v) is 8.11. The van der Waals surface area contributed by atoms with Gasteiger partial charge in [0.1, 0.15) is 11.7 Å². The van der Waals surface area contributed by atoms with Gasteiger partial charge in [-0.25, -0.2) is 4.79 Å². The summed E-state index contributed by atoms with van der Waals surface area (Å²) >= 11 is 0. The average molecular weight is 655 g/mol. The Morgan fingerprint density at radius 1 is 1.19 bits per heavy atom. The number of piperidine rings is 1. The second kappa shape index (κ2) is 14.0. The van der Waals surface area contributed by atoms with Crippen LogP contribution in [-0.2, 0) is 26.2 Å². The molecule has 1 saturated heterocycles. The average Bonchev–Trinajstić information content (AvgIpc) is 3.03. The number of hydrogen-bond donors (Lipinski definition) is 2. The first-order chi connectivity index (χ1) is 22.1. The first-order valence-corrected chi connectivity index (χ1v) is 15.4. The summed E-state index contributed by atoms with van der Waals surface area (Å²) in [5, 5.41) is 16.2. The topological polar surface area (TPSA) is 120 Å². The lowest BCUT2D eigenvalue weighted by atomic mass is 9.78. The lowest BCUT2D eigenvalue weighted by Gasteiger charge is -2.46. The summed E-state index contributed by atoms with van der Waals surface area (Å²) in [6.45, 7) is 8.41. The molecule has 47 heavy (non-hydrogen) atoms. The van der Waals surface area contributed by atoms with Crippen LogP contribution in [-0.4, -0.2) is 66.3 Å². The van der Waals surface area contributed by atoms with Gasteiger partial charge in [0.2, 0.25) is 5.91 Å². The van der Waals surface area contributed by atoms with Crippen LogP contribution in [0.25, 0.3) is 0 Å². The Hall–Kier alpha value is -4.57. The number of dihydropyridines is 1. The lowest BCUT2D eigenvalue weighted by molar-refractivity contribution is -0.137. The van der Waals surface area contributed by atoms with Gasteiger partial charge in [0.15, 0.2) is 5.72 Å². The van der Waals surface area contributed by atoms with Crippen molar-refractivity contribution in [3.8, 4) is 6.07 Å². The minimum Gasteiger partial charge on any atom is -0.444 e. The molecule has 0 saturated carbocycles. The molecule has 10 nitrogen and oxygen atoms in total. The number of alkyl halides is 3. The first-order valence-electron chi connectivity index (χ1n) is 15.4. The highest BCUT2D eigenvalue weighted by Crippen LogP contribution is 2.38. The molecule has 4 rings (SSSR count). The van der Waals surface area contributed by atoms with E-state index in [0.717, 1.165) is 23.3 Å². The van der Waals surface area contributed by atoms with E-state index >= 15 is 0 Å². The maximum Gasteiger partial charge on any atom is 0.416 e. The van der Waals surface area contributed by atoms with Gasteiger partial charge in [-0.3, -0.25) is 9.78 Å². The minimum atomic E-state index is -4.57. The lowest BCUT2D eigenvalue weighted by Crippen LogP contribution is -2.58. The molecule has 2 N–H and O–H groups in total. The SMILES string of the molecule is CCOC1(c2cccnc2)C=CC(C2(NC(=O)CCN(C)C(=O)OC(C)(C)C)CCN(c3ccc(C(F)(F)F)cc3C#N)CC2)=CN1. The van der Waals surface area contributed by atoms with Crippen molar-refractivity contribution in [3.05, 3.63) is 83.3 Å². The number of nitrogens with one attached hydrogen (secondary N) is 2. The molecule has 2 aromatic rings. The molecule has 1 unspecified atom stereocenters. The number of pyridine rings is 1. The molecule has 0 aliphatic carbocycles. The van der Waals surface area contributed by atoms with Crippen molar-refractivity contribution in [2.24, 2.45) is 0 Å². The number of ether oxygens (including phenoxy) is 2. The van der Waals surface area contributed by atoms with Crippen molar-refractivity contribution in [2.75, 3.05) is 38.2 Å². The Labute approximate surface area is 273 Å². The van der Waals surface area contributed by atoms with Crippen molar-refractivity contribution in [1.29, 1.82) is 5.26 Å². The molecule has 1 fully saturated rings. The quantitative estimate of drug-likeness (QED) is 0.358. The smallest absolute Gasteiger partial charge is 0.416 e. The molecule has 2 aliphatic rings. The van der Waals surface area contributed by atoms with Crippen molar-refractivity contribution in [2.45, 2.75) is 70.0 Å². The van der Waals surface area contributed by atoms with Gasteiger partial charge in [-0.15, -0.1) is 0 Å². The van der Waals surface area contributed by atoms with E-state index in [1.807, 2.05) is 48.4 Å². The number of aromatic nitrogens is 1. The molecular formula is C34H41F3N6O4. The second-order valence-corrected chi connectivity index (χ2v) is 12.6.